The molecule has 2 bridgehead atoms. The van der Waals surface area contributed by atoms with Gasteiger partial charge in [0.1, 0.15) is 6.54 Å². The highest BCUT2D eigenvalue weighted by Gasteiger charge is 2.51. The number of aliphatic hydroxyl groups is 1. The lowest BCUT2D eigenvalue weighted by atomic mass is 9.82. The predicted molar refractivity (Wildman–Crippen MR) is 128 cm³/mol. The molecule has 7 heteroatoms. The van der Waals surface area contributed by atoms with Crippen molar-refractivity contribution in [3.8, 4) is 0 Å². The number of esters is 1. The minimum absolute atomic E-state index is 0.171. The fourth-order valence-electron chi connectivity index (χ4n) is 5.53. The van der Waals surface area contributed by atoms with Crippen molar-refractivity contribution in [1.29, 1.82) is 0 Å². The van der Waals surface area contributed by atoms with E-state index in [1.54, 1.807) is 24.3 Å². The SMILES string of the molecule is O=C(CCC[N+]12CCC(CC1)C(OC(=O)[C@](O)(c1ccco1)c1cccs1)C2)c1ccccc1. The van der Waals surface area contributed by atoms with Crippen LogP contribution in [0.1, 0.15) is 46.7 Å². The highest BCUT2D eigenvalue weighted by atomic mass is 32.1. The van der Waals surface area contributed by atoms with Crippen molar-refractivity contribution < 1.29 is 28.3 Å². The summed E-state index contributed by atoms with van der Waals surface area (Å²) in [5.74, 6) is -0.0298. The predicted octanol–water partition coefficient (Wildman–Crippen LogP) is 4.39. The number of benzene rings is 1. The maximum atomic E-state index is 13.4. The number of carbonyl (C=O) groups is 2. The summed E-state index contributed by atoms with van der Waals surface area (Å²) >= 11 is 1.30. The van der Waals surface area contributed by atoms with Gasteiger partial charge in [0.2, 0.25) is 0 Å². The van der Waals surface area contributed by atoms with Crippen molar-refractivity contribution in [2.24, 2.45) is 5.92 Å². The van der Waals surface area contributed by atoms with E-state index < -0.39 is 11.6 Å². The summed E-state index contributed by atoms with van der Waals surface area (Å²) in [6.07, 6.45) is 4.51. The van der Waals surface area contributed by atoms with Gasteiger partial charge >= 0.3 is 5.97 Å². The second-order valence-electron chi connectivity index (χ2n) is 9.53. The third-order valence-corrected chi connectivity index (χ3v) is 8.46. The lowest BCUT2D eigenvalue weighted by Crippen LogP contribution is -2.65. The minimum atomic E-state index is -1.95. The molecule has 0 aliphatic carbocycles. The van der Waals surface area contributed by atoms with Crippen LogP contribution in [0.4, 0.5) is 0 Å². The van der Waals surface area contributed by atoms with Crippen LogP contribution < -0.4 is 0 Å². The average Bonchev–Trinajstić information content (AvgIpc) is 3.60. The molecule has 178 valence electrons. The molecule has 3 fully saturated rings. The van der Waals surface area contributed by atoms with Crippen LogP contribution in [-0.2, 0) is 15.1 Å². The van der Waals surface area contributed by atoms with Crippen LogP contribution in [0.5, 0.6) is 0 Å². The van der Waals surface area contributed by atoms with E-state index in [1.165, 1.54) is 17.6 Å². The quantitative estimate of drug-likeness (QED) is 0.279. The molecule has 1 unspecified atom stereocenters. The Morgan fingerprint density at radius 2 is 1.88 bits per heavy atom. The number of ketones is 1. The van der Waals surface area contributed by atoms with E-state index in [9.17, 15) is 14.7 Å². The van der Waals surface area contributed by atoms with Gasteiger partial charge in [-0.2, -0.15) is 0 Å². The molecule has 0 radical (unpaired) electrons. The summed E-state index contributed by atoms with van der Waals surface area (Å²) in [7, 11) is 0. The zero-order chi connectivity index (χ0) is 23.6. The third kappa shape index (κ3) is 4.35. The Morgan fingerprint density at radius 3 is 2.56 bits per heavy atom. The van der Waals surface area contributed by atoms with Crippen molar-refractivity contribution in [3.63, 3.8) is 0 Å². The first-order valence-corrected chi connectivity index (χ1v) is 12.8. The maximum absolute atomic E-state index is 13.4. The smallest absolute Gasteiger partial charge is 0.352 e. The van der Waals surface area contributed by atoms with Gasteiger partial charge in [0.25, 0.3) is 5.60 Å². The summed E-state index contributed by atoms with van der Waals surface area (Å²) in [5.41, 5.74) is -1.19. The number of thiophene rings is 1. The normalized spacial score (nSPS) is 25.6. The van der Waals surface area contributed by atoms with E-state index in [1.807, 2.05) is 35.7 Å². The van der Waals surface area contributed by atoms with Gasteiger partial charge in [0.05, 0.1) is 30.8 Å². The number of fused-ring (bicyclic) bond motifs is 3. The van der Waals surface area contributed by atoms with Crippen LogP contribution in [0.3, 0.4) is 0 Å². The van der Waals surface area contributed by atoms with Crippen LogP contribution >= 0.6 is 11.3 Å². The van der Waals surface area contributed by atoms with Crippen molar-refractivity contribution in [1.82, 2.24) is 0 Å². The number of rotatable bonds is 9. The number of piperidine rings is 3. The lowest BCUT2D eigenvalue weighted by molar-refractivity contribution is -0.946. The largest absolute Gasteiger partial charge is 0.465 e. The Bertz CT molecular complexity index is 1070. The van der Waals surface area contributed by atoms with Crippen LogP contribution in [0.25, 0.3) is 0 Å². The summed E-state index contributed by atoms with van der Waals surface area (Å²) in [6.45, 7) is 3.72. The van der Waals surface area contributed by atoms with Crippen LogP contribution in [0.15, 0.2) is 70.7 Å². The van der Waals surface area contributed by atoms with Gasteiger partial charge in [0.15, 0.2) is 17.6 Å². The number of furan rings is 1. The Kier molecular flexibility index (Phi) is 6.42. The van der Waals surface area contributed by atoms with Gasteiger partial charge in [-0.05, 0) is 23.6 Å². The fraction of sp³-hybridized carbons (Fsp3) is 0.407. The Labute approximate surface area is 203 Å². The molecule has 3 aromatic rings. The number of Topliss-reactive ketones (excluding diaryl/α,β-unsaturated/α-hetero) is 1. The average molecular weight is 481 g/mol. The standard InChI is InChI=1S/C27H30NO5S/c29-22(20-7-2-1-3-8-20)9-4-14-28-15-12-21(13-16-28)23(19-28)33-26(30)27(31,24-10-5-17-32-24)25-11-6-18-34-25/h1-3,5-8,10-11,17-18,21,23,31H,4,9,12-16,19H2/q+1/t21?,23?,27-,28?/m0/s1. The highest BCUT2D eigenvalue weighted by Crippen LogP contribution is 2.39. The number of nitrogens with zero attached hydrogens (tertiary/aromatic N) is 1. The molecule has 0 spiro atoms. The Morgan fingerprint density at radius 1 is 1.09 bits per heavy atom. The summed E-state index contributed by atoms with van der Waals surface area (Å²) in [4.78, 5) is 26.4. The van der Waals surface area contributed by atoms with E-state index in [0.29, 0.717) is 17.2 Å². The molecular weight excluding hydrogens is 450 g/mol. The topological polar surface area (TPSA) is 76.7 Å². The highest BCUT2D eigenvalue weighted by molar-refractivity contribution is 7.10. The van der Waals surface area contributed by atoms with E-state index in [0.717, 1.165) is 55.5 Å². The lowest BCUT2D eigenvalue weighted by Gasteiger charge is -2.52. The first-order chi connectivity index (χ1) is 16.5. The van der Waals surface area contributed by atoms with Gasteiger partial charge in [-0.1, -0.05) is 36.4 Å². The molecular formula is C27H30NO5S+. The molecule has 2 atom stereocenters. The first-order valence-electron chi connectivity index (χ1n) is 11.9. The molecule has 1 N–H and O–H groups in total. The summed E-state index contributed by atoms with van der Waals surface area (Å²) in [6, 6.07) is 16.2. The number of ether oxygens (including phenoxy) is 1. The molecule has 3 aliphatic heterocycles. The van der Waals surface area contributed by atoms with E-state index in [2.05, 4.69) is 0 Å². The second-order valence-corrected chi connectivity index (χ2v) is 10.5. The van der Waals surface area contributed by atoms with Crippen LogP contribution in [0, 0.1) is 5.92 Å². The van der Waals surface area contributed by atoms with Crippen LogP contribution in [-0.4, -0.2) is 53.6 Å². The van der Waals surface area contributed by atoms with Gasteiger partial charge in [-0.3, -0.25) is 4.79 Å². The molecule has 3 aliphatic rings. The molecule has 3 saturated heterocycles. The van der Waals surface area contributed by atoms with E-state index >= 15 is 0 Å². The Balaban J connectivity index is 1.25. The third-order valence-electron chi connectivity index (χ3n) is 7.48. The monoisotopic (exact) mass is 480 g/mol. The first kappa shape index (κ1) is 23.0. The molecule has 34 heavy (non-hydrogen) atoms. The van der Waals surface area contributed by atoms with Gasteiger partial charge in [-0.25, -0.2) is 4.79 Å². The zero-order valence-electron chi connectivity index (χ0n) is 19.1. The summed E-state index contributed by atoms with van der Waals surface area (Å²) in [5, 5.41) is 13.3. The molecule has 6 rings (SSSR count). The van der Waals surface area contributed by atoms with Crippen LogP contribution in [0.2, 0.25) is 0 Å². The molecule has 0 amide bonds. The van der Waals surface area contributed by atoms with Gasteiger partial charge < -0.3 is 18.7 Å². The minimum Gasteiger partial charge on any atom is -0.465 e. The molecule has 6 nitrogen and oxygen atoms in total. The molecule has 0 saturated carbocycles. The second kappa shape index (κ2) is 9.49. The maximum Gasteiger partial charge on any atom is 0.352 e. The fourth-order valence-corrected chi connectivity index (χ4v) is 6.34. The molecule has 2 aromatic heterocycles. The van der Waals surface area contributed by atoms with Gasteiger partial charge in [0, 0.05) is 37.2 Å². The number of quaternary nitrogens is 1. The van der Waals surface area contributed by atoms with E-state index in [4.69, 9.17) is 9.15 Å². The molecule has 1 aromatic carbocycles. The van der Waals surface area contributed by atoms with Crippen molar-refractivity contribution in [3.05, 3.63) is 82.4 Å². The number of hydrogen-bond acceptors (Lipinski definition) is 6. The summed E-state index contributed by atoms with van der Waals surface area (Å²) < 4.78 is 12.4. The van der Waals surface area contributed by atoms with Crippen molar-refractivity contribution >= 4 is 23.1 Å². The van der Waals surface area contributed by atoms with Gasteiger partial charge in [-0.15, -0.1) is 11.3 Å². The van der Waals surface area contributed by atoms with E-state index in [-0.39, 0.29) is 17.6 Å². The Hall–Kier alpha value is -2.74. The number of hydrogen-bond donors (Lipinski definition) is 1. The molecule has 5 heterocycles. The zero-order valence-corrected chi connectivity index (χ0v) is 19.9. The van der Waals surface area contributed by atoms with Crippen molar-refractivity contribution in [2.75, 3.05) is 26.2 Å². The van der Waals surface area contributed by atoms with Crippen molar-refractivity contribution in [2.45, 2.75) is 37.4 Å². The number of carbonyl (C=O) groups excluding carboxylic acids is 2.